The maximum atomic E-state index is 12.5. The normalized spacial score (nSPS) is 13.6. The number of amides is 2. The molecule has 8 heteroatoms. The van der Waals surface area contributed by atoms with E-state index in [2.05, 4.69) is 10.2 Å². The molecule has 1 N–H and O–H groups in total. The highest BCUT2D eigenvalue weighted by atomic mass is 16.5. The number of rotatable bonds is 8. The molecule has 0 bridgehead atoms. The average molecular weight is 485 g/mol. The summed E-state index contributed by atoms with van der Waals surface area (Å²) < 4.78 is 11.1. The first-order valence-corrected chi connectivity index (χ1v) is 12.1. The fourth-order valence-corrected chi connectivity index (χ4v) is 4.28. The summed E-state index contributed by atoms with van der Waals surface area (Å²) in [6, 6.07) is 23.1. The van der Waals surface area contributed by atoms with Crippen molar-refractivity contribution >= 4 is 28.5 Å². The number of piperazine rings is 1. The summed E-state index contributed by atoms with van der Waals surface area (Å²) >= 11 is 0. The zero-order valence-corrected chi connectivity index (χ0v) is 19.9. The summed E-state index contributed by atoms with van der Waals surface area (Å²) in [6.07, 6.45) is 2.28. The summed E-state index contributed by atoms with van der Waals surface area (Å²) in [5.41, 5.74) is 1.89. The average Bonchev–Trinajstić information content (AvgIpc) is 3.47. The molecule has 184 valence electrons. The molecule has 0 spiro atoms. The van der Waals surface area contributed by atoms with Crippen LogP contribution in [0.25, 0.3) is 10.9 Å². The summed E-state index contributed by atoms with van der Waals surface area (Å²) in [4.78, 5) is 33.7. The van der Waals surface area contributed by atoms with Crippen molar-refractivity contribution in [3.63, 3.8) is 0 Å². The van der Waals surface area contributed by atoms with Crippen LogP contribution in [0.15, 0.2) is 83.5 Å². The highest BCUT2D eigenvalue weighted by Gasteiger charge is 2.24. The van der Waals surface area contributed by atoms with Crippen molar-refractivity contribution in [3.05, 3.63) is 90.4 Å². The number of ether oxygens (including phenoxy) is 1. The first kappa shape index (κ1) is 23.4. The highest BCUT2D eigenvalue weighted by molar-refractivity contribution is 5.91. The lowest BCUT2D eigenvalue weighted by molar-refractivity contribution is -0.123. The molecule has 3 heterocycles. The van der Waals surface area contributed by atoms with Crippen LogP contribution < -0.4 is 15.0 Å². The monoisotopic (exact) mass is 484 g/mol. The number of pyridine rings is 1. The molecule has 1 fully saturated rings. The molecule has 1 saturated heterocycles. The molecule has 0 aliphatic carbocycles. The quantitative estimate of drug-likeness (QED) is 0.412. The summed E-state index contributed by atoms with van der Waals surface area (Å²) in [5, 5.41) is 3.84. The van der Waals surface area contributed by atoms with Gasteiger partial charge < -0.3 is 24.3 Å². The number of anilines is 1. The third kappa shape index (κ3) is 5.49. The van der Waals surface area contributed by atoms with E-state index in [1.165, 1.54) is 11.8 Å². The number of para-hydroxylation sites is 1. The Bertz CT molecular complexity index is 1320. The Morgan fingerprint density at radius 1 is 0.917 bits per heavy atom. The molecule has 0 atom stereocenters. The van der Waals surface area contributed by atoms with E-state index in [1.807, 2.05) is 60.7 Å². The molecule has 2 aromatic carbocycles. The molecular formula is C28H28N4O4. The van der Waals surface area contributed by atoms with E-state index >= 15 is 0 Å². The van der Waals surface area contributed by atoms with Crippen LogP contribution in [0.5, 0.6) is 5.75 Å². The van der Waals surface area contributed by atoms with Gasteiger partial charge in [-0.2, -0.15) is 0 Å². The third-order valence-corrected chi connectivity index (χ3v) is 6.23. The lowest BCUT2D eigenvalue weighted by atomic mass is 10.1. The molecule has 1 aliphatic rings. The first-order chi connectivity index (χ1) is 17.7. The predicted molar refractivity (Wildman–Crippen MR) is 137 cm³/mol. The topological polar surface area (TPSA) is 87.9 Å². The van der Waals surface area contributed by atoms with Gasteiger partial charge >= 0.3 is 0 Å². The van der Waals surface area contributed by atoms with Gasteiger partial charge in [-0.15, -0.1) is 0 Å². The molecule has 2 amide bonds. The number of nitrogens with zero attached hydrogens (tertiary/aromatic N) is 3. The van der Waals surface area contributed by atoms with Crippen LogP contribution >= 0.6 is 0 Å². The largest absolute Gasteiger partial charge is 0.481 e. The smallest absolute Gasteiger partial charge is 0.289 e. The van der Waals surface area contributed by atoms with Gasteiger partial charge in [0.2, 0.25) is 0 Å². The number of furan rings is 1. The predicted octanol–water partition coefficient (Wildman–Crippen LogP) is 3.53. The molecule has 36 heavy (non-hydrogen) atoms. The molecule has 5 rings (SSSR count). The van der Waals surface area contributed by atoms with E-state index in [0.29, 0.717) is 49.8 Å². The lowest BCUT2D eigenvalue weighted by Crippen LogP contribution is -2.49. The van der Waals surface area contributed by atoms with Crippen molar-refractivity contribution in [3.8, 4) is 5.75 Å². The second-order valence-corrected chi connectivity index (χ2v) is 8.63. The molecular weight excluding hydrogens is 456 g/mol. The van der Waals surface area contributed by atoms with Gasteiger partial charge in [0.1, 0.15) is 17.1 Å². The Morgan fingerprint density at radius 3 is 2.53 bits per heavy atom. The van der Waals surface area contributed by atoms with E-state index in [4.69, 9.17) is 14.1 Å². The van der Waals surface area contributed by atoms with Gasteiger partial charge in [0.15, 0.2) is 12.4 Å². The van der Waals surface area contributed by atoms with Crippen LogP contribution in [0.1, 0.15) is 16.1 Å². The Labute approximate surface area is 209 Å². The zero-order chi connectivity index (χ0) is 24.7. The molecule has 0 unspecified atom stereocenters. The molecule has 2 aromatic heterocycles. The minimum absolute atomic E-state index is 0.0760. The molecule has 0 saturated carbocycles. The van der Waals surface area contributed by atoms with E-state index in [-0.39, 0.29) is 18.4 Å². The van der Waals surface area contributed by atoms with Crippen LogP contribution in [-0.2, 0) is 11.2 Å². The van der Waals surface area contributed by atoms with Gasteiger partial charge in [0, 0.05) is 38.1 Å². The third-order valence-electron chi connectivity index (χ3n) is 6.23. The van der Waals surface area contributed by atoms with Crippen LogP contribution in [0.3, 0.4) is 0 Å². The molecule has 1 aliphatic heterocycles. The molecule has 8 nitrogen and oxygen atoms in total. The van der Waals surface area contributed by atoms with Crippen molar-refractivity contribution < 1.29 is 18.7 Å². The summed E-state index contributed by atoms with van der Waals surface area (Å²) in [7, 11) is 0. The molecule has 4 aromatic rings. The van der Waals surface area contributed by atoms with Gasteiger partial charge in [0.05, 0.1) is 6.26 Å². The van der Waals surface area contributed by atoms with Crippen LogP contribution in [0, 0.1) is 0 Å². The number of aromatic nitrogens is 1. The van der Waals surface area contributed by atoms with E-state index in [9.17, 15) is 9.59 Å². The van der Waals surface area contributed by atoms with E-state index in [0.717, 1.165) is 17.6 Å². The fraction of sp³-hybridized carbons (Fsp3) is 0.250. The van der Waals surface area contributed by atoms with Gasteiger partial charge in [-0.05, 0) is 42.3 Å². The first-order valence-electron chi connectivity index (χ1n) is 12.1. The van der Waals surface area contributed by atoms with Crippen LogP contribution in [0.4, 0.5) is 5.82 Å². The summed E-state index contributed by atoms with van der Waals surface area (Å²) in [5.74, 6) is 1.48. The number of carbonyl (C=O) groups is 2. The van der Waals surface area contributed by atoms with E-state index in [1.54, 1.807) is 17.0 Å². The van der Waals surface area contributed by atoms with Crippen molar-refractivity contribution in [2.45, 2.75) is 6.42 Å². The number of hydrogen-bond acceptors (Lipinski definition) is 6. The van der Waals surface area contributed by atoms with Crippen molar-refractivity contribution in [1.82, 2.24) is 15.2 Å². The summed E-state index contributed by atoms with van der Waals surface area (Å²) in [6.45, 7) is 2.97. The van der Waals surface area contributed by atoms with Crippen molar-refractivity contribution in [2.24, 2.45) is 0 Å². The fourth-order valence-electron chi connectivity index (χ4n) is 4.28. The second-order valence-electron chi connectivity index (χ2n) is 8.63. The van der Waals surface area contributed by atoms with Crippen molar-refractivity contribution in [2.75, 3.05) is 44.2 Å². The van der Waals surface area contributed by atoms with Crippen LogP contribution in [-0.4, -0.2) is 61.0 Å². The van der Waals surface area contributed by atoms with Gasteiger partial charge in [-0.1, -0.05) is 42.5 Å². The number of nitrogens with one attached hydrogen (secondary N) is 1. The van der Waals surface area contributed by atoms with Crippen LogP contribution in [0.2, 0.25) is 0 Å². The number of carbonyl (C=O) groups excluding carboxylic acids is 2. The highest BCUT2D eigenvalue weighted by Crippen LogP contribution is 2.27. The second kappa shape index (κ2) is 10.9. The minimum atomic E-state index is -0.170. The van der Waals surface area contributed by atoms with E-state index < -0.39 is 0 Å². The number of hydrogen-bond donors (Lipinski definition) is 1. The Kier molecular flexibility index (Phi) is 7.12. The number of fused-ring (bicyclic) bond motifs is 1. The Hall–Kier alpha value is -4.33. The lowest BCUT2D eigenvalue weighted by Gasteiger charge is -2.35. The van der Waals surface area contributed by atoms with Gasteiger partial charge in [-0.3, -0.25) is 9.59 Å². The van der Waals surface area contributed by atoms with Crippen molar-refractivity contribution in [1.29, 1.82) is 0 Å². The Morgan fingerprint density at radius 2 is 1.75 bits per heavy atom. The minimum Gasteiger partial charge on any atom is -0.481 e. The zero-order valence-electron chi connectivity index (χ0n) is 19.9. The number of benzene rings is 2. The van der Waals surface area contributed by atoms with Gasteiger partial charge in [-0.25, -0.2) is 4.98 Å². The standard InChI is InChI=1S/C28H28N4O4/c33-26(29-14-13-21-6-2-1-3-7-21)20-36-23-9-4-8-22-11-12-25(30-27(22)23)31-15-17-32(18-16-31)28(34)24-10-5-19-35-24/h1-12,19H,13-18,20H2,(H,29,33). The van der Waals surface area contributed by atoms with Gasteiger partial charge in [0.25, 0.3) is 11.8 Å². The SMILES string of the molecule is O=C(COc1cccc2ccc(N3CCN(C(=O)c4ccco4)CC3)nc12)NCCc1ccccc1. The maximum Gasteiger partial charge on any atom is 0.289 e. The Balaban J connectivity index is 1.18. The molecule has 0 radical (unpaired) electrons. The maximum absolute atomic E-state index is 12.5.